The first kappa shape index (κ1) is 9.28. The van der Waals surface area contributed by atoms with Gasteiger partial charge in [-0.15, -0.1) is 0 Å². The van der Waals surface area contributed by atoms with E-state index in [1.807, 2.05) is 6.07 Å². The summed E-state index contributed by atoms with van der Waals surface area (Å²) in [7, 11) is 0. The Labute approximate surface area is 93.5 Å². The molecule has 2 aromatic carbocycles. The summed E-state index contributed by atoms with van der Waals surface area (Å²) in [4.78, 5) is 0. The molecule has 0 bridgehead atoms. The van der Waals surface area contributed by atoms with Crippen LogP contribution in [0.15, 0.2) is 36.4 Å². The van der Waals surface area contributed by atoms with E-state index in [0.29, 0.717) is 5.75 Å². The highest BCUT2D eigenvalue weighted by Gasteiger charge is 2.13. The molecule has 0 heterocycles. The van der Waals surface area contributed by atoms with Crippen molar-refractivity contribution in [3.8, 4) is 11.5 Å². The van der Waals surface area contributed by atoms with Gasteiger partial charge >= 0.3 is 0 Å². The van der Waals surface area contributed by atoms with Crippen molar-refractivity contribution in [1.82, 2.24) is 0 Å². The third-order valence-corrected chi connectivity index (χ3v) is 3.12. The maximum absolute atomic E-state index is 10.2. The van der Waals surface area contributed by atoms with Crippen LogP contribution in [0, 0.1) is 0 Å². The fourth-order valence-corrected chi connectivity index (χ4v) is 2.29. The minimum Gasteiger partial charge on any atom is -0.508 e. The Bertz CT molecular complexity index is 597. The molecule has 0 amide bonds. The molecule has 2 heteroatoms. The lowest BCUT2D eigenvalue weighted by Gasteiger charge is -2.15. The summed E-state index contributed by atoms with van der Waals surface area (Å²) in [5, 5.41) is 21.3. The Balaban J connectivity index is 2.37. The quantitative estimate of drug-likeness (QED) is 0.659. The highest BCUT2D eigenvalue weighted by molar-refractivity contribution is 5.91. The maximum atomic E-state index is 10.2. The monoisotopic (exact) mass is 212 g/mol. The topological polar surface area (TPSA) is 40.5 Å². The second-order valence-corrected chi connectivity index (χ2v) is 4.15. The average molecular weight is 212 g/mol. The van der Waals surface area contributed by atoms with Crippen LogP contribution in [0.4, 0.5) is 0 Å². The standard InChI is InChI=1S/C14H12O2/c15-11-6-5-10-7-9-3-1-2-4-12(9)14(16)13(10)8-11/h1-2,5-8,15-16H,3-4H2. The van der Waals surface area contributed by atoms with E-state index in [0.717, 1.165) is 29.2 Å². The highest BCUT2D eigenvalue weighted by atomic mass is 16.3. The second-order valence-electron chi connectivity index (χ2n) is 4.15. The van der Waals surface area contributed by atoms with Crippen LogP contribution in [0.25, 0.3) is 10.8 Å². The van der Waals surface area contributed by atoms with Gasteiger partial charge in [-0.2, -0.15) is 0 Å². The van der Waals surface area contributed by atoms with Crippen LogP contribution in [0.3, 0.4) is 0 Å². The number of hydrogen-bond donors (Lipinski definition) is 2. The van der Waals surface area contributed by atoms with Crippen LogP contribution in [0.1, 0.15) is 11.1 Å². The molecule has 2 N–H and O–H groups in total. The zero-order valence-electron chi connectivity index (χ0n) is 8.77. The van der Waals surface area contributed by atoms with Crippen molar-refractivity contribution >= 4 is 10.8 Å². The molecular weight excluding hydrogens is 200 g/mol. The fraction of sp³-hybridized carbons (Fsp3) is 0.143. The van der Waals surface area contributed by atoms with Crippen molar-refractivity contribution in [1.29, 1.82) is 0 Å². The normalized spacial score (nSPS) is 14.0. The average Bonchev–Trinajstić information content (AvgIpc) is 2.31. The molecule has 0 radical (unpaired) electrons. The van der Waals surface area contributed by atoms with Crippen molar-refractivity contribution in [2.75, 3.05) is 0 Å². The van der Waals surface area contributed by atoms with Crippen molar-refractivity contribution in [2.24, 2.45) is 0 Å². The zero-order chi connectivity index (χ0) is 11.1. The second kappa shape index (κ2) is 3.27. The van der Waals surface area contributed by atoms with E-state index in [9.17, 15) is 10.2 Å². The molecule has 2 nitrogen and oxygen atoms in total. The van der Waals surface area contributed by atoms with Crippen LogP contribution in [0.2, 0.25) is 0 Å². The van der Waals surface area contributed by atoms with Crippen molar-refractivity contribution < 1.29 is 10.2 Å². The number of benzene rings is 2. The van der Waals surface area contributed by atoms with Crippen molar-refractivity contribution in [3.63, 3.8) is 0 Å². The Morgan fingerprint density at radius 1 is 0.938 bits per heavy atom. The number of fused-ring (bicyclic) bond motifs is 2. The predicted molar refractivity (Wildman–Crippen MR) is 63.8 cm³/mol. The summed E-state index contributed by atoms with van der Waals surface area (Å²) >= 11 is 0. The first-order valence-corrected chi connectivity index (χ1v) is 5.37. The molecule has 0 saturated heterocycles. The third kappa shape index (κ3) is 1.27. The largest absolute Gasteiger partial charge is 0.508 e. The predicted octanol–water partition coefficient (Wildman–Crippen LogP) is 2.91. The van der Waals surface area contributed by atoms with E-state index < -0.39 is 0 Å². The molecule has 16 heavy (non-hydrogen) atoms. The molecule has 3 rings (SSSR count). The molecular formula is C14H12O2. The summed E-state index contributed by atoms with van der Waals surface area (Å²) in [5.74, 6) is 0.502. The third-order valence-electron chi connectivity index (χ3n) is 3.12. The minimum absolute atomic E-state index is 0.189. The molecule has 0 unspecified atom stereocenters. The molecule has 0 spiro atoms. The van der Waals surface area contributed by atoms with Gasteiger partial charge in [0.25, 0.3) is 0 Å². The van der Waals surface area contributed by atoms with Gasteiger partial charge in [-0.3, -0.25) is 0 Å². The van der Waals surface area contributed by atoms with E-state index in [2.05, 4.69) is 18.2 Å². The summed E-state index contributed by atoms with van der Waals surface area (Å²) in [6.45, 7) is 0. The first-order valence-electron chi connectivity index (χ1n) is 5.37. The van der Waals surface area contributed by atoms with E-state index in [4.69, 9.17) is 0 Å². The molecule has 0 aromatic heterocycles. The molecule has 80 valence electrons. The number of phenolic OH excluding ortho intramolecular Hbond substituents is 2. The number of rotatable bonds is 0. The zero-order valence-corrected chi connectivity index (χ0v) is 8.77. The lowest BCUT2D eigenvalue weighted by atomic mass is 9.92. The summed E-state index contributed by atoms with van der Waals surface area (Å²) in [6, 6.07) is 7.19. The van der Waals surface area contributed by atoms with E-state index >= 15 is 0 Å². The van der Waals surface area contributed by atoms with Gasteiger partial charge in [-0.05, 0) is 35.9 Å². The SMILES string of the molecule is Oc1ccc2cc3c(c(O)c2c1)CC=CC3. The van der Waals surface area contributed by atoms with Crippen molar-refractivity contribution in [3.05, 3.63) is 47.5 Å². The van der Waals surface area contributed by atoms with Gasteiger partial charge in [-0.25, -0.2) is 0 Å². The van der Waals surface area contributed by atoms with Gasteiger partial charge in [0.2, 0.25) is 0 Å². The number of aromatic hydroxyl groups is 2. The number of phenols is 2. The van der Waals surface area contributed by atoms with Crippen LogP contribution in [0.5, 0.6) is 11.5 Å². The summed E-state index contributed by atoms with van der Waals surface area (Å²) in [6.07, 6.45) is 5.83. The first-order chi connectivity index (χ1) is 7.75. The van der Waals surface area contributed by atoms with Gasteiger partial charge < -0.3 is 10.2 Å². The Kier molecular flexibility index (Phi) is 1.90. The molecule has 0 aliphatic heterocycles. The lowest BCUT2D eigenvalue weighted by Crippen LogP contribution is -1.98. The molecule has 0 atom stereocenters. The van der Waals surface area contributed by atoms with Gasteiger partial charge in [0.05, 0.1) is 0 Å². The van der Waals surface area contributed by atoms with Gasteiger partial charge in [-0.1, -0.05) is 24.3 Å². The van der Waals surface area contributed by atoms with Crippen molar-refractivity contribution in [2.45, 2.75) is 12.8 Å². The summed E-state index contributed by atoms with van der Waals surface area (Å²) < 4.78 is 0. The Morgan fingerprint density at radius 3 is 2.62 bits per heavy atom. The molecule has 0 saturated carbocycles. The summed E-state index contributed by atoms with van der Waals surface area (Å²) in [5.41, 5.74) is 2.17. The molecule has 1 aliphatic rings. The van der Waals surface area contributed by atoms with Crippen LogP contribution >= 0.6 is 0 Å². The Morgan fingerprint density at radius 2 is 1.75 bits per heavy atom. The fourth-order valence-electron chi connectivity index (χ4n) is 2.29. The van der Waals surface area contributed by atoms with Crippen LogP contribution < -0.4 is 0 Å². The smallest absolute Gasteiger partial charge is 0.127 e. The van der Waals surface area contributed by atoms with Gasteiger partial charge in [0.1, 0.15) is 11.5 Å². The number of hydrogen-bond acceptors (Lipinski definition) is 2. The van der Waals surface area contributed by atoms with E-state index in [1.54, 1.807) is 12.1 Å². The number of allylic oxidation sites excluding steroid dienone is 2. The minimum atomic E-state index is 0.189. The van der Waals surface area contributed by atoms with E-state index in [1.165, 1.54) is 5.56 Å². The van der Waals surface area contributed by atoms with Gasteiger partial charge in [0.15, 0.2) is 0 Å². The molecule has 0 fully saturated rings. The van der Waals surface area contributed by atoms with Crippen LogP contribution in [-0.2, 0) is 12.8 Å². The van der Waals surface area contributed by atoms with E-state index in [-0.39, 0.29) is 5.75 Å². The van der Waals surface area contributed by atoms with Crippen LogP contribution in [-0.4, -0.2) is 10.2 Å². The van der Waals surface area contributed by atoms with Gasteiger partial charge in [0, 0.05) is 10.9 Å². The maximum Gasteiger partial charge on any atom is 0.127 e. The Hall–Kier alpha value is -1.96. The molecule has 2 aromatic rings. The highest BCUT2D eigenvalue weighted by Crippen LogP contribution is 2.35. The molecule has 1 aliphatic carbocycles. The lowest BCUT2D eigenvalue weighted by molar-refractivity contribution is 0.469.